The standard InChI is InChI=1S/C61H55N/c1-38-16-10-11-17-45(38)39-22-26-42(27-23-39)62(43-28-32-48-46-18-12-14-20-52(46)60(8,9)54(48)36-43)44-29-33-51-47-19-13-15-21-53(47)61(57(51)37-44)55-34-40(58(2,3)4)24-30-49(55)50-31-25-41(35-56(50)61)59(5,6)7/h10-37H,1-9H3. The van der Waals surface area contributed by atoms with Gasteiger partial charge in [-0.1, -0.05) is 189 Å². The number of aryl methyl sites for hydroxylation is 1. The molecule has 11 rings (SSSR count). The molecule has 0 N–H and O–H groups in total. The van der Waals surface area contributed by atoms with Gasteiger partial charge in [-0.3, -0.25) is 0 Å². The summed E-state index contributed by atoms with van der Waals surface area (Å²) in [5, 5.41) is 0. The average Bonchev–Trinajstić information content (AvgIpc) is 3.81. The number of hydrogen-bond donors (Lipinski definition) is 0. The summed E-state index contributed by atoms with van der Waals surface area (Å²) < 4.78 is 0. The van der Waals surface area contributed by atoms with E-state index in [1.54, 1.807) is 0 Å². The van der Waals surface area contributed by atoms with Crippen molar-refractivity contribution in [3.63, 3.8) is 0 Å². The summed E-state index contributed by atoms with van der Waals surface area (Å²) in [6.07, 6.45) is 0. The highest BCUT2D eigenvalue weighted by atomic mass is 15.1. The van der Waals surface area contributed by atoms with Gasteiger partial charge in [-0.05, 0) is 149 Å². The Bertz CT molecular complexity index is 3060. The first-order valence-electron chi connectivity index (χ1n) is 22.4. The van der Waals surface area contributed by atoms with Crippen LogP contribution in [0.25, 0.3) is 44.5 Å². The molecule has 0 radical (unpaired) electrons. The summed E-state index contributed by atoms with van der Waals surface area (Å²) in [7, 11) is 0. The van der Waals surface area contributed by atoms with Crippen LogP contribution < -0.4 is 4.90 Å². The number of rotatable bonds is 4. The van der Waals surface area contributed by atoms with Crippen LogP contribution in [0.3, 0.4) is 0 Å². The van der Waals surface area contributed by atoms with Crippen molar-refractivity contribution in [3.05, 3.63) is 220 Å². The number of hydrogen-bond acceptors (Lipinski definition) is 1. The van der Waals surface area contributed by atoms with Gasteiger partial charge in [-0.15, -0.1) is 0 Å². The molecule has 0 atom stereocenters. The molecule has 3 aliphatic carbocycles. The molecule has 1 spiro atoms. The SMILES string of the molecule is Cc1ccccc1-c1ccc(N(c2ccc3c(c2)C(C)(C)c2ccccc2-3)c2ccc3c(c2)C2(c4ccccc4-3)c3cc(C(C)(C)C)ccc3-c3ccc(C(C)(C)C)cc32)cc1. The van der Waals surface area contributed by atoms with Crippen molar-refractivity contribution in [2.45, 2.75) is 84.0 Å². The molecule has 0 aliphatic heterocycles. The van der Waals surface area contributed by atoms with E-state index in [2.05, 4.69) is 237 Å². The van der Waals surface area contributed by atoms with E-state index in [4.69, 9.17) is 0 Å². The third-order valence-electron chi connectivity index (χ3n) is 14.6. The Morgan fingerprint density at radius 2 is 0.758 bits per heavy atom. The topological polar surface area (TPSA) is 3.24 Å². The van der Waals surface area contributed by atoms with Crippen LogP contribution >= 0.6 is 0 Å². The van der Waals surface area contributed by atoms with Gasteiger partial charge >= 0.3 is 0 Å². The van der Waals surface area contributed by atoms with Crippen LogP contribution in [0, 0.1) is 6.92 Å². The van der Waals surface area contributed by atoms with Gasteiger partial charge in [0.25, 0.3) is 0 Å². The first-order valence-corrected chi connectivity index (χ1v) is 22.4. The van der Waals surface area contributed by atoms with Crippen molar-refractivity contribution in [1.29, 1.82) is 0 Å². The molecule has 0 amide bonds. The number of nitrogens with zero attached hydrogens (tertiary/aromatic N) is 1. The minimum absolute atomic E-state index is 0.00732. The first kappa shape index (κ1) is 38.5. The normalized spacial score (nSPS) is 14.8. The Hall–Kier alpha value is -6.44. The highest BCUT2D eigenvalue weighted by Crippen LogP contribution is 2.64. The third kappa shape index (κ3) is 5.46. The Kier molecular flexibility index (Phi) is 8.24. The lowest BCUT2D eigenvalue weighted by Crippen LogP contribution is -2.27. The van der Waals surface area contributed by atoms with Gasteiger partial charge in [0.1, 0.15) is 0 Å². The number of benzene rings is 8. The highest BCUT2D eigenvalue weighted by Gasteiger charge is 2.52. The summed E-state index contributed by atoms with van der Waals surface area (Å²) in [6.45, 7) is 21.0. The molecule has 0 unspecified atom stereocenters. The molecule has 62 heavy (non-hydrogen) atoms. The maximum Gasteiger partial charge on any atom is 0.0726 e. The summed E-state index contributed by atoms with van der Waals surface area (Å²) in [6, 6.07) is 65.3. The smallest absolute Gasteiger partial charge is 0.0726 e. The molecule has 1 nitrogen and oxygen atoms in total. The minimum atomic E-state index is -0.489. The Balaban J connectivity index is 1.18. The molecule has 0 saturated carbocycles. The lowest BCUT2D eigenvalue weighted by Gasteiger charge is -2.34. The van der Waals surface area contributed by atoms with Crippen LogP contribution in [0.4, 0.5) is 17.1 Å². The zero-order valence-corrected chi connectivity index (χ0v) is 37.6. The Morgan fingerprint density at radius 3 is 1.31 bits per heavy atom. The third-order valence-corrected chi connectivity index (χ3v) is 14.6. The van der Waals surface area contributed by atoms with Gasteiger partial charge in [-0.25, -0.2) is 0 Å². The van der Waals surface area contributed by atoms with Crippen molar-refractivity contribution in [1.82, 2.24) is 0 Å². The molecule has 3 aliphatic rings. The van der Waals surface area contributed by atoms with Crippen molar-refractivity contribution in [2.24, 2.45) is 0 Å². The van der Waals surface area contributed by atoms with Crippen molar-refractivity contribution in [3.8, 4) is 44.5 Å². The van der Waals surface area contributed by atoms with E-state index in [1.165, 1.54) is 94.6 Å². The largest absolute Gasteiger partial charge is 0.310 e. The van der Waals surface area contributed by atoms with E-state index >= 15 is 0 Å². The maximum atomic E-state index is 2.55. The predicted molar refractivity (Wildman–Crippen MR) is 263 cm³/mol. The van der Waals surface area contributed by atoms with Crippen LogP contribution in [0.15, 0.2) is 170 Å². The lowest BCUT2D eigenvalue weighted by molar-refractivity contribution is 0.586. The molecular formula is C61H55N. The van der Waals surface area contributed by atoms with Crippen molar-refractivity contribution >= 4 is 17.1 Å². The second kappa shape index (κ2) is 13.3. The lowest BCUT2D eigenvalue weighted by atomic mass is 9.68. The van der Waals surface area contributed by atoms with E-state index in [-0.39, 0.29) is 16.2 Å². The van der Waals surface area contributed by atoms with Crippen LogP contribution in [-0.2, 0) is 21.7 Å². The monoisotopic (exact) mass is 801 g/mol. The fraction of sp³-hybridized carbons (Fsp3) is 0.213. The predicted octanol–water partition coefficient (Wildman–Crippen LogP) is 16.4. The van der Waals surface area contributed by atoms with Crippen molar-refractivity contribution in [2.75, 3.05) is 4.90 Å². The fourth-order valence-corrected chi connectivity index (χ4v) is 11.2. The first-order chi connectivity index (χ1) is 29.7. The Morgan fingerprint density at radius 1 is 0.355 bits per heavy atom. The molecule has 1 heteroatoms. The quantitative estimate of drug-likeness (QED) is 0.171. The fourth-order valence-electron chi connectivity index (χ4n) is 11.2. The second-order valence-corrected chi connectivity index (χ2v) is 20.6. The molecule has 0 bridgehead atoms. The summed E-state index contributed by atoms with van der Waals surface area (Å²) >= 11 is 0. The molecule has 8 aromatic rings. The summed E-state index contributed by atoms with van der Waals surface area (Å²) in [5.41, 5.74) is 25.6. The highest BCUT2D eigenvalue weighted by molar-refractivity contribution is 5.97. The molecule has 304 valence electrons. The molecule has 0 heterocycles. The van der Waals surface area contributed by atoms with Gasteiger partial charge < -0.3 is 4.90 Å². The molecule has 0 aromatic heterocycles. The maximum absolute atomic E-state index is 2.55. The Labute approximate surface area is 368 Å². The summed E-state index contributed by atoms with van der Waals surface area (Å²) in [4.78, 5) is 2.51. The van der Waals surface area contributed by atoms with Gasteiger partial charge in [0.15, 0.2) is 0 Å². The van der Waals surface area contributed by atoms with E-state index in [0.717, 1.165) is 17.1 Å². The molecule has 0 fully saturated rings. The van der Waals surface area contributed by atoms with Crippen molar-refractivity contribution < 1.29 is 0 Å². The number of anilines is 3. The van der Waals surface area contributed by atoms with Gasteiger partial charge in [0.05, 0.1) is 5.41 Å². The zero-order valence-electron chi connectivity index (χ0n) is 37.6. The summed E-state index contributed by atoms with van der Waals surface area (Å²) in [5.74, 6) is 0. The van der Waals surface area contributed by atoms with Crippen LogP contribution in [0.2, 0.25) is 0 Å². The number of fused-ring (bicyclic) bond motifs is 13. The zero-order chi connectivity index (χ0) is 42.9. The average molecular weight is 802 g/mol. The van der Waals surface area contributed by atoms with E-state index in [0.29, 0.717) is 0 Å². The van der Waals surface area contributed by atoms with E-state index in [9.17, 15) is 0 Å². The molecular weight excluding hydrogens is 747 g/mol. The van der Waals surface area contributed by atoms with E-state index < -0.39 is 5.41 Å². The second-order valence-electron chi connectivity index (χ2n) is 20.6. The van der Waals surface area contributed by atoms with Gasteiger partial charge in [0.2, 0.25) is 0 Å². The molecule has 8 aromatic carbocycles. The van der Waals surface area contributed by atoms with Gasteiger partial charge in [-0.2, -0.15) is 0 Å². The molecule has 0 saturated heterocycles. The minimum Gasteiger partial charge on any atom is -0.310 e. The van der Waals surface area contributed by atoms with Gasteiger partial charge in [0, 0.05) is 22.5 Å². The van der Waals surface area contributed by atoms with Crippen LogP contribution in [0.1, 0.15) is 105 Å². The van der Waals surface area contributed by atoms with E-state index in [1.807, 2.05) is 0 Å². The van der Waals surface area contributed by atoms with Crippen LogP contribution in [-0.4, -0.2) is 0 Å². The van der Waals surface area contributed by atoms with Crippen LogP contribution in [0.5, 0.6) is 0 Å².